The standard InChI is InChI=1S/C10H16BFN4O5/c11-10(19,20)9(3-13)6(17)5(12)7(21-9)16-2-1-4(14)15-8(16)18/h1-2,5-7,17,19-20H,3,11,13H2,(H2,14,15,18)/t5-,6+,7-,9+/m1/s1. The average Bonchev–Trinajstić information content (AvgIpc) is 2.63. The summed E-state index contributed by atoms with van der Waals surface area (Å²) in [6.07, 6.45) is -4.54. The van der Waals surface area contributed by atoms with Crippen molar-refractivity contribution in [3.05, 3.63) is 22.7 Å². The number of aliphatic hydroxyl groups is 3. The Hall–Kier alpha value is -1.53. The van der Waals surface area contributed by atoms with Gasteiger partial charge in [-0.1, -0.05) is 0 Å². The lowest BCUT2D eigenvalue weighted by molar-refractivity contribution is -0.256. The molecule has 0 amide bonds. The number of nitrogen functional groups attached to an aromatic ring is 1. The van der Waals surface area contributed by atoms with Gasteiger partial charge in [0, 0.05) is 12.7 Å². The number of aliphatic hydroxyl groups excluding tert-OH is 1. The van der Waals surface area contributed by atoms with E-state index in [0.29, 0.717) is 0 Å². The molecule has 0 saturated carbocycles. The zero-order valence-electron chi connectivity index (χ0n) is 11.2. The van der Waals surface area contributed by atoms with Crippen molar-refractivity contribution in [2.45, 2.75) is 29.8 Å². The molecule has 0 bridgehead atoms. The Labute approximate surface area is 119 Å². The number of aromatic nitrogens is 2. The Morgan fingerprint density at radius 1 is 1.62 bits per heavy atom. The molecule has 2 rings (SSSR count). The third-order valence-electron chi connectivity index (χ3n) is 3.61. The maximum absolute atomic E-state index is 14.3. The zero-order chi connectivity index (χ0) is 16.0. The number of halogens is 1. The molecule has 0 spiro atoms. The van der Waals surface area contributed by atoms with Crippen molar-refractivity contribution in [3.63, 3.8) is 0 Å². The molecule has 1 aliphatic rings. The molecular weight excluding hydrogens is 286 g/mol. The van der Waals surface area contributed by atoms with E-state index in [1.54, 1.807) is 0 Å². The predicted molar refractivity (Wildman–Crippen MR) is 71.4 cm³/mol. The molecular formula is C10H16BFN4O5. The van der Waals surface area contributed by atoms with Crippen molar-refractivity contribution in [2.24, 2.45) is 5.73 Å². The van der Waals surface area contributed by atoms with Gasteiger partial charge in [-0.3, -0.25) is 4.57 Å². The van der Waals surface area contributed by atoms with Crippen LogP contribution in [-0.2, 0) is 4.74 Å². The van der Waals surface area contributed by atoms with Crippen LogP contribution in [-0.4, -0.2) is 62.8 Å². The minimum Gasteiger partial charge on any atom is -0.387 e. The molecule has 0 unspecified atom stereocenters. The summed E-state index contributed by atoms with van der Waals surface area (Å²) in [5, 5.41) is 29.4. The van der Waals surface area contributed by atoms with E-state index in [-0.39, 0.29) is 5.82 Å². The first kappa shape index (κ1) is 15.9. The Bertz CT molecular complexity index is 594. The molecule has 2 heterocycles. The fourth-order valence-electron chi connectivity index (χ4n) is 2.35. The van der Waals surface area contributed by atoms with Gasteiger partial charge in [0.15, 0.2) is 31.5 Å². The second-order valence-electron chi connectivity index (χ2n) is 5.05. The lowest BCUT2D eigenvalue weighted by atomic mass is 9.75. The van der Waals surface area contributed by atoms with Gasteiger partial charge < -0.3 is 31.5 Å². The first-order chi connectivity index (χ1) is 9.64. The van der Waals surface area contributed by atoms with Gasteiger partial charge in [0.25, 0.3) is 0 Å². The molecule has 0 radical (unpaired) electrons. The highest BCUT2D eigenvalue weighted by Crippen LogP contribution is 2.42. The second kappa shape index (κ2) is 5.03. The number of alkyl halides is 1. The summed E-state index contributed by atoms with van der Waals surface area (Å²) in [6, 6.07) is 1.24. The summed E-state index contributed by atoms with van der Waals surface area (Å²) >= 11 is 0. The lowest BCUT2D eigenvalue weighted by Crippen LogP contribution is -2.65. The van der Waals surface area contributed by atoms with Crippen molar-refractivity contribution in [1.82, 2.24) is 9.55 Å². The molecule has 21 heavy (non-hydrogen) atoms. The van der Waals surface area contributed by atoms with Gasteiger partial charge in [0.05, 0.1) is 0 Å². The average molecular weight is 302 g/mol. The molecule has 1 aliphatic heterocycles. The van der Waals surface area contributed by atoms with Crippen LogP contribution in [0, 0.1) is 0 Å². The van der Waals surface area contributed by atoms with Gasteiger partial charge in [-0.25, -0.2) is 9.18 Å². The number of ether oxygens (including phenoxy) is 1. The smallest absolute Gasteiger partial charge is 0.351 e. The molecule has 9 nitrogen and oxygen atoms in total. The van der Waals surface area contributed by atoms with Gasteiger partial charge in [-0.05, 0) is 6.07 Å². The Kier molecular flexibility index (Phi) is 3.80. The maximum atomic E-state index is 14.3. The van der Waals surface area contributed by atoms with E-state index in [1.165, 1.54) is 6.07 Å². The minimum atomic E-state index is -2.62. The summed E-state index contributed by atoms with van der Waals surface area (Å²) in [6.45, 7) is -0.578. The second-order valence-corrected chi connectivity index (χ2v) is 5.05. The highest BCUT2D eigenvalue weighted by Gasteiger charge is 2.63. The minimum absolute atomic E-state index is 0.0653. The van der Waals surface area contributed by atoms with Crippen molar-refractivity contribution >= 4 is 13.7 Å². The molecule has 1 saturated heterocycles. The molecule has 1 aromatic rings. The zero-order valence-corrected chi connectivity index (χ0v) is 11.2. The summed E-state index contributed by atoms with van der Waals surface area (Å²) < 4.78 is 20.3. The molecule has 0 aliphatic carbocycles. The molecule has 4 atom stereocenters. The molecule has 0 aromatic carbocycles. The van der Waals surface area contributed by atoms with Crippen LogP contribution in [0.5, 0.6) is 0 Å². The van der Waals surface area contributed by atoms with Crippen LogP contribution in [0.4, 0.5) is 10.2 Å². The first-order valence-corrected chi connectivity index (χ1v) is 6.13. The highest BCUT2D eigenvalue weighted by molar-refractivity contribution is 6.14. The summed E-state index contributed by atoms with van der Waals surface area (Å²) in [7, 11) is 0.905. The summed E-state index contributed by atoms with van der Waals surface area (Å²) in [5.74, 6) is -0.0653. The quantitative estimate of drug-likeness (QED) is 0.279. The van der Waals surface area contributed by atoms with E-state index in [9.17, 15) is 24.5 Å². The number of nitrogens with zero attached hydrogens (tertiary/aromatic N) is 2. The van der Waals surface area contributed by atoms with Gasteiger partial charge in [-0.15, -0.1) is 0 Å². The van der Waals surface area contributed by atoms with Gasteiger partial charge >= 0.3 is 5.69 Å². The van der Waals surface area contributed by atoms with Crippen molar-refractivity contribution in [1.29, 1.82) is 0 Å². The van der Waals surface area contributed by atoms with E-state index in [2.05, 4.69) is 4.98 Å². The Morgan fingerprint density at radius 2 is 2.24 bits per heavy atom. The van der Waals surface area contributed by atoms with Crippen molar-refractivity contribution in [2.75, 3.05) is 12.3 Å². The molecule has 11 heteroatoms. The Balaban J connectivity index is 2.47. The number of anilines is 1. The third-order valence-corrected chi connectivity index (χ3v) is 3.61. The molecule has 1 fully saturated rings. The molecule has 1 aromatic heterocycles. The fraction of sp³-hybridized carbons (Fsp3) is 0.600. The number of hydrogen-bond donors (Lipinski definition) is 5. The first-order valence-electron chi connectivity index (χ1n) is 6.13. The van der Waals surface area contributed by atoms with Crippen LogP contribution in [0.2, 0.25) is 0 Å². The van der Waals surface area contributed by atoms with E-state index in [0.717, 1.165) is 18.6 Å². The summed E-state index contributed by atoms with van der Waals surface area (Å²) in [4.78, 5) is 15.1. The third kappa shape index (κ3) is 2.32. The van der Waals surface area contributed by atoms with Crippen molar-refractivity contribution in [3.8, 4) is 0 Å². The summed E-state index contributed by atoms with van der Waals surface area (Å²) in [5.41, 5.74) is 5.04. The number of nitrogens with two attached hydrogens (primary N) is 2. The lowest BCUT2D eigenvalue weighted by Gasteiger charge is -2.39. The monoisotopic (exact) mass is 302 g/mol. The van der Waals surface area contributed by atoms with Gasteiger partial charge in [0.2, 0.25) is 0 Å². The SMILES string of the molecule is BC(O)(O)[C@@]1(CN)O[C@@H](n2ccc(N)nc2=O)[C@H](F)[C@@H]1O. The normalized spacial score (nSPS) is 33.3. The van der Waals surface area contributed by atoms with Gasteiger partial charge in [0.1, 0.15) is 11.9 Å². The van der Waals surface area contributed by atoms with E-state index < -0.39 is 42.0 Å². The van der Waals surface area contributed by atoms with Crippen LogP contribution in [0.3, 0.4) is 0 Å². The largest absolute Gasteiger partial charge is 0.387 e. The molecule has 7 N–H and O–H groups in total. The highest BCUT2D eigenvalue weighted by atomic mass is 19.1. The predicted octanol–water partition coefficient (Wildman–Crippen LogP) is -3.98. The Morgan fingerprint density at radius 3 is 2.67 bits per heavy atom. The number of hydrogen-bond acceptors (Lipinski definition) is 8. The van der Waals surface area contributed by atoms with Crippen LogP contribution >= 0.6 is 0 Å². The van der Waals surface area contributed by atoms with E-state index in [1.807, 2.05) is 0 Å². The van der Waals surface area contributed by atoms with Crippen molar-refractivity contribution < 1.29 is 24.4 Å². The van der Waals surface area contributed by atoms with E-state index >= 15 is 0 Å². The van der Waals surface area contributed by atoms with Crippen LogP contribution < -0.4 is 17.2 Å². The van der Waals surface area contributed by atoms with Crippen LogP contribution in [0.1, 0.15) is 6.23 Å². The number of rotatable bonds is 3. The van der Waals surface area contributed by atoms with Gasteiger partial charge in [-0.2, -0.15) is 4.98 Å². The van der Waals surface area contributed by atoms with Crippen LogP contribution in [0.15, 0.2) is 17.1 Å². The topological polar surface area (TPSA) is 157 Å². The molecule has 116 valence electrons. The van der Waals surface area contributed by atoms with E-state index in [4.69, 9.17) is 16.2 Å². The maximum Gasteiger partial charge on any atom is 0.351 e. The fourth-order valence-corrected chi connectivity index (χ4v) is 2.35. The van der Waals surface area contributed by atoms with Crippen LogP contribution in [0.25, 0.3) is 0 Å².